The molecule has 3 aromatic carbocycles. The Balaban J connectivity index is 1.60. The van der Waals surface area contributed by atoms with E-state index in [-0.39, 0.29) is 11.9 Å². The molecule has 0 spiro atoms. The fourth-order valence-corrected chi connectivity index (χ4v) is 4.17. The molecule has 1 atom stereocenters. The van der Waals surface area contributed by atoms with Gasteiger partial charge in [0, 0.05) is 36.1 Å². The molecule has 1 N–H and O–H groups in total. The van der Waals surface area contributed by atoms with E-state index in [1.54, 1.807) is 11.9 Å². The van der Waals surface area contributed by atoms with Crippen LogP contribution in [0.15, 0.2) is 97.2 Å². The Bertz CT molecular complexity index is 1230. The molecule has 0 bridgehead atoms. The maximum absolute atomic E-state index is 12.5. The van der Waals surface area contributed by atoms with Crippen molar-refractivity contribution in [3.05, 3.63) is 114 Å². The number of benzene rings is 3. The van der Waals surface area contributed by atoms with Crippen molar-refractivity contribution in [3.63, 3.8) is 0 Å². The summed E-state index contributed by atoms with van der Waals surface area (Å²) in [6.45, 7) is 2.39. The van der Waals surface area contributed by atoms with E-state index < -0.39 is 0 Å². The minimum atomic E-state index is -0.167. The van der Waals surface area contributed by atoms with Crippen molar-refractivity contribution in [1.82, 2.24) is 15.0 Å². The van der Waals surface area contributed by atoms with E-state index in [1.807, 2.05) is 24.3 Å². The number of aromatic nitrogens is 1. The molecule has 1 amide bonds. The molecule has 0 fully saturated rings. The molecule has 5 rings (SSSR count). The third-order valence-electron chi connectivity index (χ3n) is 5.60. The van der Waals surface area contributed by atoms with Crippen LogP contribution < -0.4 is 5.43 Å². The standard InChI is InChI=1S/C26H23N3O/c1-19(30)29-26(16-24(27-29)21-12-6-3-7-13-21)23-18-28(17-20-10-4-2-5-11-20)25-15-9-8-14-22(23)25/h2-16,18,26-27H,17H2,1H3/t26-/m1/s1. The van der Waals surface area contributed by atoms with Crippen LogP contribution in [0.5, 0.6) is 0 Å². The first-order valence-electron chi connectivity index (χ1n) is 10.2. The van der Waals surface area contributed by atoms with Crippen molar-refractivity contribution in [1.29, 1.82) is 0 Å². The van der Waals surface area contributed by atoms with Crippen LogP contribution in [0.4, 0.5) is 0 Å². The number of hydrogen-bond donors (Lipinski definition) is 1. The Kier molecular flexibility index (Phi) is 4.60. The van der Waals surface area contributed by atoms with Gasteiger partial charge in [-0.2, -0.15) is 0 Å². The van der Waals surface area contributed by atoms with Crippen LogP contribution in [-0.2, 0) is 11.3 Å². The van der Waals surface area contributed by atoms with Crippen molar-refractivity contribution in [3.8, 4) is 0 Å². The number of nitrogens with zero attached hydrogens (tertiary/aromatic N) is 2. The van der Waals surface area contributed by atoms with Crippen molar-refractivity contribution in [2.24, 2.45) is 0 Å². The molecule has 30 heavy (non-hydrogen) atoms. The van der Waals surface area contributed by atoms with Gasteiger partial charge < -0.3 is 4.57 Å². The number of fused-ring (bicyclic) bond motifs is 1. The summed E-state index contributed by atoms with van der Waals surface area (Å²) in [5, 5.41) is 2.88. The van der Waals surface area contributed by atoms with Gasteiger partial charge in [-0.1, -0.05) is 78.9 Å². The lowest BCUT2D eigenvalue weighted by Gasteiger charge is -2.23. The third-order valence-corrected chi connectivity index (χ3v) is 5.60. The number of para-hydroxylation sites is 1. The number of hydrogen-bond acceptors (Lipinski definition) is 2. The van der Waals surface area contributed by atoms with Crippen molar-refractivity contribution in [2.75, 3.05) is 0 Å². The monoisotopic (exact) mass is 393 g/mol. The average Bonchev–Trinajstić information content (AvgIpc) is 3.38. The zero-order valence-electron chi connectivity index (χ0n) is 16.8. The number of carbonyl (C=O) groups is 1. The predicted molar refractivity (Wildman–Crippen MR) is 120 cm³/mol. The summed E-state index contributed by atoms with van der Waals surface area (Å²) in [6, 6.07) is 28.8. The summed E-state index contributed by atoms with van der Waals surface area (Å²) < 4.78 is 2.27. The van der Waals surface area contributed by atoms with E-state index in [9.17, 15) is 4.79 Å². The van der Waals surface area contributed by atoms with E-state index in [1.165, 1.54) is 11.1 Å². The normalized spacial score (nSPS) is 15.8. The summed E-state index contributed by atoms with van der Waals surface area (Å²) in [7, 11) is 0. The van der Waals surface area contributed by atoms with Crippen LogP contribution in [-0.4, -0.2) is 15.5 Å². The van der Waals surface area contributed by atoms with E-state index in [2.05, 4.69) is 82.9 Å². The Morgan fingerprint density at radius 3 is 2.30 bits per heavy atom. The fourth-order valence-electron chi connectivity index (χ4n) is 4.17. The lowest BCUT2D eigenvalue weighted by atomic mass is 10.0. The minimum Gasteiger partial charge on any atom is -0.343 e. The number of amides is 1. The highest BCUT2D eigenvalue weighted by molar-refractivity contribution is 5.87. The van der Waals surface area contributed by atoms with Crippen LogP contribution in [0, 0.1) is 0 Å². The Morgan fingerprint density at radius 2 is 1.57 bits per heavy atom. The molecular formula is C26H23N3O. The molecule has 1 aliphatic rings. The predicted octanol–water partition coefficient (Wildman–Crippen LogP) is 5.14. The van der Waals surface area contributed by atoms with Gasteiger partial charge in [0.25, 0.3) is 0 Å². The van der Waals surface area contributed by atoms with Gasteiger partial charge >= 0.3 is 0 Å². The molecule has 1 aliphatic heterocycles. The minimum absolute atomic E-state index is 0.0120. The first-order valence-corrected chi connectivity index (χ1v) is 10.2. The molecule has 1 aromatic heterocycles. The van der Waals surface area contributed by atoms with Crippen LogP contribution in [0.3, 0.4) is 0 Å². The van der Waals surface area contributed by atoms with Crippen molar-refractivity contribution < 1.29 is 4.79 Å². The molecule has 0 saturated carbocycles. The van der Waals surface area contributed by atoms with E-state index >= 15 is 0 Å². The number of rotatable bonds is 4. The third kappa shape index (κ3) is 3.26. The van der Waals surface area contributed by atoms with E-state index in [0.29, 0.717) is 0 Å². The summed E-state index contributed by atoms with van der Waals surface area (Å²) in [6.07, 6.45) is 4.33. The molecule has 0 aliphatic carbocycles. The lowest BCUT2D eigenvalue weighted by Crippen LogP contribution is -2.37. The van der Waals surface area contributed by atoms with Crippen LogP contribution in [0.1, 0.15) is 29.7 Å². The van der Waals surface area contributed by atoms with E-state index in [4.69, 9.17) is 0 Å². The van der Waals surface area contributed by atoms with Gasteiger partial charge in [0.05, 0.1) is 5.70 Å². The highest BCUT2D eigenvalue weighted by Gasteiger charge is 2.31. The van der Waals surface area contributed by atoms with Gasteiger partial charge in [-0.15, -0.1) is 0 Å². The van der Waals surface area contributed by atoms with E-state index in [0.717, 1.165) is 28.8 Å². The second-order valence-corrected chi connectivity index (χ2v) is 7.61. The molecule has 4 nitrogen and oxygen atoms in total. The average molecular weight is 393 g/mol. The summed E-state index contributed by atoms with van der Waals surface area (Å²) >= 11 is 0. The maximum Gasteiger partial charge on any atom is 0.238 e. The second-order valence-electron chi connectivity index (χ2n) is 7.61. The zero-order chi connectivity index (χ0) is 20.5. The van der Waals surface area contributed by atoms with Gasteiger partial charge in [0.1, 0.15) is 6.04 Å². The number of carbonyl (C=O) groups excluding carboxylic acids is 1. The molecule has 4 aromatic rings. The Hall–Kier alpha value is -3.79. The second kappa shape index (κ2) is 7.56. The molecule has 0 saturated heterocycles. The highest BCUT2D eigenvalue weighted by Crippen LogP contribution is 2.36. The smallest absolute Gasteiger partial charge is 0.238 e. The molecule has 4 heteroatoms. The van der Waals surface area contributed by atoms with Gasteiger partial charge in [-0.3, -0.25) is 10.2 Å². The van der Waals surface area contributed by atoms with Crippen LogP contribution in [0.2, 0.25) is 0 Å². The van der Waals surface area contributed by atoms with Crippen LogP contribution >= 0.6 is 0 Å². The SMILES string of the molecule is CC(=O)N1NC(c2ccccc2)=C[C@@H]1c1cn(Cc2ccccc2)c2ccccc12. The molecule has 0 radical (unpaired) electrons. The Labute approximate surface area is 176 Å². The molecular weight excluding hydrogens is 370 g/mol. The number of nitrogens with one attached hydrogen (secondary N) is 1. The number of hydrazine groups is 1. The van der Waals surface area contributed by atoms with Gasteiger partial charge in [-0.25, -0.2) is 5.01 Å². The Morgan fingerprint density at radius 1 is 0.900 bits per heavy atom. The molecule has 2 heterocycles. The molecule has 148 valence electrons. The van der Waals surface area contributed by atoms with Crippen molar-refractivity contribution >= 4 is 22.5 Å². The zero-order valence-corrected chi connectivity index (χ0v) is 16.8. The topological polar surface area (TPSA) is 37.3 Å². The molecule has 0 unspecified atom stereocenters. The largest absolute Gasteiger partial charge is 0.343 e. The summed E-state index contributed by atoms with van der Waals surface area (Å²) in [4.78, 5) is 12.5. The highest BCUT2D eigenvalue weighted by atomic mass is 16.2. The maximum atomic E-state index is 12.5. The quantitative estimate of drug-likeness (QED) is 0.521. The van der Waals surface area contributed by atoms with Gasteiger partial charge in [0.15, 0.2) is 0 Å². The summed E-state index contributed by atoms with van der Waals surface area (Å²) in [5.41, 5.74) is 8.87. The van der Waals surface area contributed by atoms with Crippen LogP contribution in [0.25, 0.3) is 16.6 Å². The first-order chi connectivity index (χ1) is 14.7. The van der Waals surface area contributed by atoms with Gasteiger partial charge in [0.2, 0.25) is 5.91 Å². The fraction of sp³-hybridized carbons (Fsp3) is 0.115. The summed E-state index contributed by atoms with van der Waals surface area (Å²) in [5.74, 6) is -0.0120. The van der Waals surface area contributed by atoms with Crippen molar-refractivity contribution in [2.45, 2.75) is 19.5 Å². The first kappa shape index (κ1) is 18.3. The van der Waals surface area contributed by atoms with Gasteiger partial charge in [-0.05, 0) is 23.3 Å². The lowest BCUT2D eigenvalue weighted by molar-refractivity contribution is -0.132.